The lowest BCUT2D eigenvalue weighted by atomic mass is 9.77. The van der Waals surface area contributed by atoms with Crippen LogP contribution in [0.2, 0.25) is 5.02 Å². The molecule has 27 heavy (non-hydrogen) atoms. The summed E-state index contributed by atoms with van der Waals surface area (Å²) in [5.41, 5.74) is 2.70. The topological polar surface area (TPSA) is 65.0 Å². The fourth-order valence-corrected chi connectivity index (χ4v) is 3.24. The number of aromatic nitrogens is 3. The lowest BCUT2D eigenvalue weighted by Crippen LogP contribution is -2.37. The zero-order chi connectivity index (χ0) is 20.1. The Balaban J connectivity index is 2.36. The Morgan fingerprint density at radius 1 is 1.15 bits per heavy atom. The van der Waals surface area contributed by atoms with Crippen LogP contribution < -0.4 is 4.85 Å². The molecule has 0 aliphatic heterocycles. The van der Waals surface area contributed by atoms with Gasteiger partial charge in [0.05, 0.1) is 5.10 Å². The predicted molar refractivity (Wildman–Crippen MR) is 109 cm³/mol. The molecule has 1 N–H and O–H groups in total. The lowest BCUT2D eigenvalue weighted by molar-refractivity contribution is -0.664. The van der Waals surface area contributed by atoms with E-state index in [4.69, 9.17) is 11.6 Å². The van der Waals surface area contributed by atoms with Gasteiger partial charge in [-0.1, -0.05) is 59.2 Å². The molecular weight excluding hydrogens is 362 g/mol. The van der Waals surface area contributed by atoms with Gasteiger partial charge in [0.1, 0.15) is 0 Å². The number of aromatic hydroxyl groups is 1. The van der Waals surface area contributed by atoms with Crippen LogP contribution in [0.15, 0.2) is 30.3 Å². The van der Waals surface area contributed by atoms with Crippen LogP contribution in [0.25, 0.3) is 16.7 Å². The Morgan fingerprint density at radius 2 is 1.81 bits per heavy atom. The number of nitrogens with zero attached hydrogens (tertiary/aromatic N) is 3. The molecule has 0 unspecified atom stereocenters. The van der Waals surface area contributed by atoms with Crippen LogP contribution >= 0.6 is 11.6 Å². The smallest absolute Gasteiger partial charge is 0.250 e. The number of hydrogen-bond donors (Lipinski definition) is 1. The fourth-order valence-electron chi connectivity index (χ4n) is 3.07. The van der Waals surface area contributed by atoms with Gasteiger partial charge in [-0.3, -0.25) is 0 Å². The summed E-state index contributed by atoms with van der Waals surface area (Å²) in [7, 11) is 0. The van der Waals surface area contributed by atoms with Gasteiger partial charge in [-0.05, 0) is 45.8 Å². The van der Waals surface area contributed by atoms with E-state index >= 15 is 0 Å². The highest BCUT2D eigenvalue weighted by molar-refractivity contribution is 6.31. The minimum atomic E-state index is -0.289. The number of phenols is 1. The highest BCUT2D eigenvalue weighted by atomic mass is 35.5. The largest absolute Gasteiger partial charge is 0.692 e. The van der Waals surface area contributed by atoms with E-state index in [1.54, 1.807) is 18.2 Å². The standard InChI is InChI=1S/C21H26ClN3O2/c1-7-21(5,6)13-10-15(20(2,3)4)19(26)18(11-13)24-23-16-9-8-14(22)12-17(16)25(24)27/h8-12,26H,7H2,1-6H3. The molecule has 0 bridgehead atoms. The van der Waals surface area contributed by atoms with E-state index in [2.05, 4.69) is 25.9 Å². The molecule has 6 heteroatoms. The van der Waals surface area contributed by atoms with Crippen molar-refractivity contribution in [1.29, 1.82) is 0 Å². The van der Waals surface area contributed by atoms with Crippen molar-refractivity contribution in [3.63, 3.8) is 0 Å². The molecule has 0 aliphatic carbocycles. The summed E-state index contributed by atoms with van der Waals surface area (Å²) in [6.45, 7) is 12.6. The Hall–Kier alpha value is -2.27. The van der Waals surface area contributed by atoms with E-state index in [0.29, 0.717) is 26.6 Å². The second-order valence-electron chi connectivity index (χ2n) is 8.67. The number of benzene rings is 2. The molecule has 0 fully saturated rings. The van der Waals surface area contributed by atoms with E-state index < -0.39 is 0 Å². The summed E-state index contributed by atoms with van der Waals surface area (Å²) in [4.78, 5) is 1.88. The van der Waals surface area contributed by atoms with E-state index in [1.807, 2.05) is 32.9 Å². The van der Waals surface area contributed by atoms with Gasteiger partial charge >= 0.3 is 0 Å². The third kappa shape index (κ3) is 3.36. The molecule has 1 heterocycles. The molecular formula is C21H26ClN3O2. The first-order valence-electron chi connectivity index (χ1n) is 9.12. The third-order valence-corrected chi connectivity index (χ3v) is 5.53. The van der Waals surface area contributed by atoms with E-state index in [0.717, 1.165) is 17.5 Å². The van der Waals surface area contributed by atoms with Crippen molar-refractivity contribution in [2.24, 2.45) is 0 Å². The molecule has 0 amide bonds. The van der Waals surface area contributed by atoms with Crippen LogP contribution in [0.1, 0.15) is 59.1 Å². The Kier molecular flexibility index (Phi) is 4.63. The number of phenolic OH excluding ortho intramolecular Hbond substituents is 1. The maximum atomic E-state index is 12.9. The Morgan fingerprint density at radius 3 is 2.41 bits per heavy atom. The second-order valence-corrected chi connectivity index (χ2v) is 9.11. The lowest BCUT2D eigenvalue weighted by Gasteiger charge is -2.28. The summed E-state index contributed by atoms with van der Waals surface area (Å²) < 4.78 is 0. The molecule has 1 aromatic heterocycles. The molecule has 0 aliphatic rings. The summed E-state index contributed by atoms with van der Waals surface area (Å²) >= 11 is 6.03. The van der Waals surface area contributed by atoms with E-state index in [9.17, 15) is 10.3 Å². The van der Waals surface area contributed by atoms with Crippen molar-refractivity contribution >= 4 is 22.6 Å². The summed E-state index contributed by atoms with van der Waals surface area (Å²) in [5, 5.41) is 28.7. The number of halogens is 1. The monoisotopic (exact) mass is 387 g/mol. The van der Waals surface area contributed by atoms with E-state index in [1.165, 1.54) is 4.80 Å². The van der Waals surface area contributed by atoms with Gasteiger partial charge in [-0.25, -0.2) is 0 Å². The molecule has 5 nitrogen and oxygen atoms in total. The first-order chi connectivity index (χ1) is 12.5. The third-order valence-electron chi connectivity index (χ3n) is 5.30. The van der Waals surface area contributed by atoms with E-state index in [-0.39, 0.29) is 16.6 Å². The SMILES string of the molecule is CCC(C)(C)c1cc(-n2nc3ccc(Cl)cc3[n+]2[O-])c(O)c(C(C)(C)C)c1. The molecule has 0 spiro atoms. The van der Waals surface area contributed by atoms with Crippen molar-refractivity contribution in [3.8, 4) is 11.4 Å². The molecule has 0 saturated heterocycles. The molecule has 0 radical (unpaired) electrons. The minimum absolute atomic E-state index is 0.0710. The number of fused-ring (bicyclic) bond motifs is 1. The van der Waals surface area contributed by atoms with Crippen LogP contribution in [-0.4, -0.2) is 15.0 Å². The molecule has 3 aromatic rings. The molecule has 3 rings (SSSR count). The Labute approximate surface area is 164 Å². The van der Waals surface area contributed by atoms with Crippen molar-refractivity contribution in [1.82, 2.24) is 9.90 Å². The van der Waals surface area contributed by atoms with Gasteiger partial charge in [-0.15, -0.1) is 4.85 Å². The van der Waals surface area contributed by atoms with Crippen molar-refractivity contribution in [3.05, 3.63) is 51.7 Å². The van der Waals surface area contributed by atoms with Crippen LogP contribution in [0.5, 0.6) is 5.75 Å². The van der Waals surface area contributed by atoms with Crippen LogP contribution in [0.3, 0.4) is 0 Å². The summed E-state index contributed by atoms with van der Waals surface area (Å²) in [6.07, 6.45) is 0.925. The quantitative estimate of drug-likeness (QED) is 0.507. The average Bonchev–Trinajstić information content (AvgIpc) is 2.90. The van der Waals surface area contributed by atoms with Gasteiger partial charge in [-0.2, -0.15) is 0 Å². The normalized spacial score (nSPS) is 12.7. The zero-order valence-electron chi connectivity index (χ0n) is 16.7. The maximum Gasteiger partial charge on any atom is 0.250 e. The zero-order valence-corrected chi connectivity index (χ0v) is 17.4. The van der Waals surface area contributed by atoms with Crippen molar-refractivity contribution in [2.75, 3.05) is 0 Å². The van der Waals surface area contributed by atoms with Gasteiger partial charge < -0.3 is 10.3 Å². The van der Waals surface area contributed by atoms with Gasteiger partial charge in [0.2, 0.25) is 11.0 Å². The maximum absolute atomic E-state index is 12.9. The fraction of sp³-hybridized carbons (Fsp3) is 0.429. The first-order valence-corrected chi connectivity index (χ1v) is 9.50. The summed E-state index contributed by atoms with van der Waals surface area (Å²) in [6, 6.07) is 8.87. The van der Waals surface area contributed by atoms with Crippen molar-refractivity contribution in [2.45, 2.75) is 58.8 Å². The van der Waals surface area contributed by atoms with Crippen LogP contribution in [0.4, 0.5) is 0 Å². The predicted octanol–water partition coefficient (Wildman–Crippen LogP) is 5.00. The van der Waals surface area contributed by atoms with Crippen molar-refractivity contribution < 1.29 is 9.95 Å². The molecule has 0 atom stereocenters. The highest BCUT2D eigenvalue weighted by Gasteiger charge is 2.29. The van der Waals surface area contributed by atoms with Crippen LogP contribution in [0, 0.1) is 5.21 Å². The summed E-state index contributed by atoms with van der Waals surface area (Å²) in [5.74, 6) is 0.0710. The van der Waals surface area contributed by atoms with Gasteiger partial charge in [0.15, 0.2) is 11.4 Å². The number of hydrogen-bond acceptors (Lipinski definition) is 3. The molecule has 0 saturated carbocycles. The second kappa shape index (κ2) is 6.41. The minimum Gasteiger partial charge on any atom is -0.692 e. The first kappa shape index (κ1) is 19.5. The number of rotatable bonds is 3. The Bertz CT molecular complexity index is 1020. The highest BCUT2D eigenvalue weighted by Crippen LogP contribution is 2.39. The molecule has 2 aromatic carbocycles. The molecule has 144 valence electrons. The average molecular weight is 388 g/mol. The van der Waals surface area contributed by atoms with Crippen LogP contribution in [-0.2, 0) is 10.8 Å². The van der Waals surface area contributed by atoms with Gasteiger partial charge in [0, 0.05) is 16.7 Å². The van der Waals surface area contributed by atoms with Gasteiger partial charge in [0.25, 0.3) is 0 Å².